The summed E-state index contributed by atoms with van der Waals surface area (Å²) in [4.78, 5) is 15.4. The fraction of sp³-hybridized carbons (Fsp3) is 0.316. The van der Waals surface area contributed by atoms with Crippen LogP contribution in [-0.2, 0) is 0 Å². The summed E-state index contributed by atoms with van der Waals surface area (Å²) >= 11 is 0. The van der Waals surface area contributed by atoms with Crippen LogP contribution < -0.4 is 26.5 Å². The van der Waals surface area contributed by atoms with Crippen molar-refractivity contribution in [2.75, 3.05) is 26.3 Å². The Morgan fingerprint density at radius 3 is 2.04 bits per heavy atom. The predicted molar refractivity (Wildman–Crippen MR) is 100 cm³/mol. The van der Waals surface area contributed by atoms with Gasteiger partial charge in [-0.05, 0) is 61.6 Å². The van der Waals surface area contributed by atoms with Crippen LogP contribution in [0.15, 0.2) is 41.2 Å². The molecule has 0 bridgehead atoms. The zero-order valence-corrected chi connectivity index (χ0v) is 14.1. The lowest BCUT2D eigenvalue weighted by atomic mass is 10.1. The Morgan fingerprint density at radius 1 is 0.800 bits per heavy atom. The highest BCUT2D eigenvalue weighted by Gasteiger charge is 2.08. The van der Waals surface area contributed by atoms with Crippen LogP contribution in [0.5, 0.6) is 11.5 Å². The molecule has 0 fully saturated rings. The molecular weight excluding hydrogens is 318 g/mol. The van der Waals surface area contributed by atoms with Crippen LogP contribution in [0.4, 0.5) is 0 Å². The normalized spacial score (nSPS) is 11.1. The molecule has 3 aromatic rings. The fourth-order valence-corrected chi connectivity index (χ4v) is 2.72. The van der Waals surface area contributed by atoms with Crippen molar-refractivity contribution in [3.63, 3.8) is 0 Å². The molecule has 0 amide bonds. The molecule has 0 aliphatic heterocycles. The molecule has 0 saturated heterocycles. The molecule has 1 heterocycles. The van der Waals surface area contributed by atoms with Gasteiger partial charge in [-0.15, -0.1) is 0 Å². The first kappa shape index (κ1) is 17.3. The maximum atomic E-state index is 12.5. The number of H-pyrrole nitrogens is 1. The van der Waals surface area contributed by atoms with E-state index in [-0.39, 0.29) is 5.56 Å². The Kier molecular flexibility index (Phi) is 5.53. The third kappa shape index (κ3) is 3.92. The summed E-state index contributed by atoms with van der Waals surface area (Å²) in [6, 6.07) is 11.3. The van der Waals surface area contributed by atoms with Crippen LogP contribution >= 0.6 is 0 Å². The summed E-state index contributed by atoms with van der Waals surface area (Å²) in [6.45, 7) is 2.26. The van der Waals surface area contributed by atoms with E-state index in [4.69, 9.17) is 20.9 Å². The molecule has 0 unspecified atom stereocenters. The Morgan fingerprint density at radius 2 is 1.40 bits per heavy atom. The maximum absolute atomic E-state index is 12.5. The number of benzene rings is 2. The number of fused-ring (bicyclic) bond motifs is 3. The van der Waals surface area contributed by atoms with Gasteiger partial charge < -0.3 is 25.9 Å². The van der Waals surface area contributed by atoms with E-state index in [0.717, 1.165) is 34.9 Å². The lowest BCUT2D eigenvalue weighted by Gasteiger charge is -2.10. The zero-order valence-electron chi connectivity index (χ0n) is 14.1. The smallest absolute Gasteiger partial charge is 0.256 e. The molecule has 6 nitrogen and oxygen atoms in total. The SMILES string of the molecule is NCCCOc1ccc2c(c1)[nH]c(=O)c1cc(OCCCN)ccc12. The van der Waals surface area contributed by atoms with Crippen LogP contribution in [0.2, 0.25) is 0 Å². The number of pyridine rings is 1. The molecule has 2 aromatic carbocycles. The Bertz CT molecular complexity index is 921. The molecule has 0 saturated carbocycles. The summed E-state index contributed by atoms with van der Waals surface area (Å²) < 4.78 is 11.3. The lowest BCUT2D eigenvalue weighted by Crippen LogP contribution is -2.09. The van der Waals surface area contributed by atoms with Crippen LogP contribution in [0.3, 0.4) is 0 Å². The van der Waals surface area contributed by atoms with E-state index in [1.165, 1.54) is 0 Å². The lowest BCUT2D eigenvalue weighted by molar-refractivity contribution is 0.313. The molecule has 25 heavy (non-hydrogen) atoms. The minimum atomic E-state index is -0.147. The molecule has 0 aliphatic carbocycles. The van der Waals surface area contributed by atoms with E-state index in [9.17, 15) is 4.79 Å². The van der Waals surface area contributed by atoms with Gasteiger partial charge in [-0.25, -0.2) is 0 Å². The third-order valence-electron chi connectivity index (χ3n) is 4.00. The minimum absolute atomic E-state index is 0.147. The molecular formula is C19H23N3O3. The van der Waals surface area contributed by atoms with Gasteiger partial charge >= 0.3 is 0 Å². The van der Waals surface area contributed by atoms with Gasteiger partial charge in [0.15, 0.2) is 0 Å². The summed E-state index contributed by atoms with van der Waals surface area (Å²) in [6.07, 6.45) is 1.57. The Labute approximate surface area is 145 Å². The molecule has 6 heteroatoms. The predicted octanol–water partition coefficient (Wildman–Crippen LogP) is 2.14. The number of ether oxygens (including phenoxy) is 2. The first-order chi connectivity index (χ1) is 12.2. The number of hydrogen-bond donors (Lipinski definition) is 3. The average Bonchev–Trinajstić information content (AvgIpc) is 2.62. The summed E-state index contributed by atoms with van der Waals surface area (Å²) in [5.74, 6) is 1.39. The summed E-state index contributed by atoms with van der Waals surface area (Å²) in [5, 5.41) is 2.46. The van der Waals surface area contributed by atoms with E-state index in [2.05, 4.69) is 4.98 Å². The first-order valence-corrected chi connectivity index (χ1v) is 8.48. The van der Waals surface area contributed by atoms with Crippen molar-refractivity contribution in [2.45, 2.75) is 12.8 Å². The second-order valence-corrected chi connectivity index (χ2v) is 5.85. The van der Waals surface area contributed by atoms with Gasteiger partial charge in [0.25, 0.3) is 5.56 Å². The van der Waals surface area contributed by atoms with E-state index in [1.807, 2.05) is 30.3 Å². The van der Waals surface area contributed by atoms with Crippen molar-refractivity contribution in [1.29, 1.82) is 0 Å². The highest BCUT2D eigenvalue weighted by Crippen LogP contribution is 2.27. The highest BCUT2D eigenvalue weighted by molar-refractivity contribution is 6.05. The van der Waals surface area contributed by atoms with Crippen LogP contribution in [0.25, 0.3) is 21.7 Å². The summed E-state index contributed by atoms with van der Waals surface area (Å²) in [5.41, 5.74) is 11.5. The summed E-state index contributed by atoms with van der Waals surface area (Å²) in [7, 11) is 0. The van der Waals surface area contributed by atoms with Crippen LogP contribution in [-0.4, -0.2) is 31.3 Å². The number of nitrogens with two attached hydrogens (primary N) is 2. The molecule has 0 spiro atoms. The van der Waals surface area contributed by atoms with Gasteiger partial charge in [-0.3, -0.25) is 4.79 Å². The van der Waals surface area contributed by atoms with Gasteiger partial charge in [-0.1, -0.05) is 0 Å². The number of hydrogen-bond acceptors (Lipinski definition) is 5. The van der Waals surface area contributed by atoms with Crippen LogP contribution in [0, 0.1) is 0 Å². The van der Waals surface area contributed by atoms with Crippen molar-refractivity contribution in [2.24, 2.45) is 11.5 Å². The first-order valence-electron chi connectivity index (χ1n) is 8.48. The van der Waals surface area contributed by atoms with Gasteiger partial charge in [-0.2, -0.15) is 0 Å². The molecule has 0 atom stereocenters. The van der Waals surface area contributed by atoms with E-state index < -0.39 is 0 Å². The number of rotatable bonds is 8. The van der Waals surface area contributed by atoms with Gasteiger partial charge in [0.1, 0.15) is 11.5 Å². The number of aromatic nitrogens is 1. The monoisotopic (exact) mass is 341 g/mol. The van der Waals surface area contributed by atoms with Crippen molar-refractivity contribution in [3.8, 4) is 11.5 Å². The van der Waals surface area contributed by atoms with Crippen molar-refractivity contribution in [3.05, 3.63) is 46.8 Å². The largest absolute Gasteiger partial charge is 0.494 e. The molecule has 5 N–H and O–H groups in total. The molecule has 132 valence electrons. The van der Waals surface area contributed by atoms with Gasteiger partial charge in [0.05, 0.1) is 24.1 Å². The van der Waals surface area contributed by atoms with E-state index in [0.29, 0.717) is 37.4 Å². The second-order valence-electron chi connectivity index (χ2n) is 5.85. The molecule has 1 aromatic heterocycles. The van der Waals surface area contributed by atoms with Crippen molar-refractivity contribution < 1.29 is 9.47 Å². The fourth-order valence-electron chi connectivity index (χ4n) is 2.72. The van der Waals surface area contributed by atoms with Gasteiger partial charge in [0.2, 0.25) is 0 Å². The minimum Gasteiger partial charge on any atom is -0.494 e. The standard InChI is InChI=1S/C19H23N3O3/c20-7-1-9-24-13-3-5-15-16-6-4-14(25-10-2-8-21)12-18(16)22-19(23)17(15)11-13/h3-6,11-12H,1-2,7-10,20-21H2,(H,22,23). The number of aromatic amines is 1. The number of nitrogens with one attached hydrogen (secondary N) is 1. The van der Waals surface area contributed by atoms with Crippen molar-refractivity contribution in [1.82, 2.24) is 4.98 Å². The Balaban J connectivity index is 1.96. The van der Waals surface area contributed by atoms with Crippen LogP contribution in [0.1, 0.15) is 12.8 Å². The van der Waals surface area contributed by atoms with E-state index in [1.54, 1.807) is 6.07 Å². The van der Waals surface area contributed by atoms with Crippen molar-refractivity contribution >= 4 is 21.7 Å². The van der Waals surface area contributed by atoms with E-state index >= 15 is 0 Å². The quantitative estimate of drug-likeness (QED) is 0.430. The molecule has 0 aliphatic rings. The molecule has 3 rings (SSSR count). The topological polar surface area (TPSA) is 103 Å². The maximum Gasteiger partial charge on any atom is 0.256 e. The second kappa shape index (κ2) is 8.00. The van der Waals surface area contributed by atoms with Gasteiger partial charge in [0, 0.05) is 11.5 Å². The third-order valence-corrected chi connectivity index (χ3v) is 4.00. The zero-order chi connectivity index (χ0) is 17.6. The average molecular weight is 341 g/mol. The Hall–Kier alpha value is -2.57. The molecule has 0 radical (unpaired) electrons. The highest BCUT2D eigenvalue weighted by atomic mass is 16.5.